The smallest absolute Gasteiger partial charge is 0.261 e. The van der Waals surface area contributed by atoms with E-state index in [1.54, 1.807) is 12.1 Å². The molecule has 2 N–H and O–H groups in total. The van der Waals surface area contributed by atoms with E-state index in [1.807, 2.05) is 6.92 Å². The SMILES string of the molecule is COc1ccc(NC(=O)c2ccc(NS(=O)(=O)c3ccc(C)cc3)c(Cl)c2)cc1S(=O)(=O)N1CCCCC1. The molecular weight excluding hydrogens is 550 g/mol. The summed E-state index contributed by atoms with van der Waals surface area (Å²) in [5.74, 6) is -0.367. The molecule has 0 aliphatic carbocycles. The van der Waals surface area contributed by atoms with E-state index in [4.69, 9.17) is 16.3 Å². The summed E-state index contributed by atoms with van der Waals surface area (Å²) < 4.78 is 61.0. The zero-order valence-corrected chi connectivity index (χ0v) is 23.3. The van der Waals surface area contributed by atoms with Crippen LogP contribution in [0.25, 0.3) is 0 Å². The summed E-state index contributed by atoms with van der Waals surface area (Å²) in [5, 5.41) is 2.70. The summed E-state index contributed by atoms with van der Waals surface area (Å²) >= 11 is 6.30. The molecule has 3 aromatic rings. The lowest BCUT2D eigenvalue weighted by Gasteiger charge is -2.26. The van der Waals surface area contributed by atoms with Gasteiger partial charge in [-0.1, -0.05) is 35.7 Å². The van der Waals surface area contributed by atoms with Gasteiger partial charge in [-0.2, -0.15) is 4.31 Å². The maximum absolute atomic E-state index is 13.2. The third-order valence-corrected chi connectivity index (χ3v) is 9.78. The van der Waals surface area contributed by atoms with Gasteiger partial charge in [-0.25, -0.2) is 16.8 Å². The summed E-state index contributed by atoms with van der Waals surface area (Å²) in [5.41, 5.74) is 1.45. The fraction of sp³-hybridized carbons (Fsp3) is 0.269. The molecule has 0 unspecified atom stereocenters. The molecule has 0 aromatic heterocycles. The Bertz CT molecular complexity index is 1550. The Hall–Kier alpha value is -3.12. The first-order chi connectivity index (χ1) is 18.0. The Labute approximate surface area is 227 Å². The third kappa shape index (κ3) is 6.12. The Kier molecular flexibility index (Phi) is 8.31. The van der Waals surface area contributed by atoms with E-state index in [0.717, 1.165) is 24.8 Å². The van der Waals surface area contributed by atoms with Gasteiger partial charge in [-0.15, -0.1) is 0 Å². The van der Waals surface area contributed by atoms with Gasteiger partial charge in [0.2, 0.25) is 10.0 Å². The van der Waals surface area contributed by atoms with E-state index in [2.05, 4.69) is 10.0 Å². The molecular formula is C26H28ClN3O6S2. The number of piperidine rings is 1. The number of ether oxygens (including phenoxy) is 1. The van der Waals surface area contributed by atoms with Gasteiger partial charge in [0.1, 0.15) is 10.6 Å². The largest absolute Gasteiger partial charge is 0.495 e. The molecule has 0 saturated carbocycles. The van der Waals surface area contributed by atoms with Crippen LogP contribution in [0.4, 0.5) is 11.4 Å². The number of nitrogens with one attached hydrogen (secondary N) is 2. The van der Waals surface area contributed by atoms with Crippen molar-refractivity contribution in [2.45, 2.75) is 36.0 Å². The molecule has 202 valence electrons. The van der Waals surface area contributed by atoms with Crippen LogP contribution < -0.4 is 14.8 Å². The van der Waals surface area contributed by atoms with Gasteiger partial charge in [0.15, 0.2) is 0 Å². The lowest BCUT2D eigenvalue weighted by Crippen LogP contribution is -2.35. The van der Waals surface area contributed by atoms with E-state index in [0.29, 0.717) is 13.1 Å². The van der Waals surface area contributed by atoms with Crippen LogP contribution >= 0.6 is 11.6 Å². The minimum atomic E-state index is -3.88. The highest BCUT2D eigenvalue weighted by atomic mass is 35.5. The topological polar surface area (TPSA) is 122 Å². The Morgan fingerprint density at radius 2 is 1.61 bits per heavy atom. The number of hydrogen-bond acceptors (Lipinski definition) is 6. The van der Waals surface area contributed by atoms with E-state index in [-0.39, 0.29) is 37.5 Å². The summed E-state index contributed by atoms with van der Waals surface area (Å²) in [6.45, 7) is 2.71. The molecule has 1 aliphatic heterocycles. The highest BCUT2D eigenvalue weighted by Crippen LogP contribution is 2.32. The van der Waals surface area contributed by atoms with Gasteiger partial charge in [-0.3, -0.25) is 9.52 Å². The summed E-state index contributed by atoms with van der Waals surface area (Å²) in [6, 6.07) is 14.9. The molecule has 0 atom stereocenters. The monoisotopic (exact) mass is 577 g/mol. The van der Waals surface area contributed by atoms with Crippen LogP contribution in [-0.4, -0.2) is 47.2 Å². The standard InChI is InChI=1S/C26H28ClN3O6S2/c1-18-6-10-21(11-7-18)37(32,33)29-23-12-8-19(16-22(23)27)26(31)28-20-9-13-24(36-2)25(17-20)38(34,35)30-14-4-3-5-15-30/h6-13,16-17,29H,3-5,14-15H2,1-2H3,(H,28,31). The first kappa shape index (κ1) is 27.9. The second kappa shape index (κ2) is 11.3. The van der Waals surface area contributed by atoms with Gasteiger partial charge >= 0.3 is 0 Å². The maximum Gasteiger partial charge on any atom is 0.261 e. The van der Waals surface area contributed by atoms with Gasteiger partial charge < -0.3 is 10.1 Å². The Morgan fingerprint density at radius 3 is 2.24 bits per heavy atom. The predicted octanol–water partition coefficient (Wildman–Crippen LogP) is 4.88. The number of sulfonamides is 2. The third-order valence-electron chi connectivity index (χ3n) is 6.16. The maximum atomic E-state index is 13.2. The minimum absolute atomic E-state index is 0.0245. The molecule has 1 amide bonds. The molecule has 4 rings (SSSR count). The van der Waals surface area contributed by atoms with Crippen LogP contribution in [0, 0.1) is 6.92 Å². The second-order valence-electron chi connectivity index (χ2n) is 8.90. The number of rotatable bonds is 8. The number of carbonyl (C=O) groups excluding carboxylic acids is 1. The molecule has 1 fully saturated rings. The first-order valence-electron chi connectivity index (χ1n) is 11.9. The fourth-order valence-electron chi connectivity index (χ4n) is 4.06. The zero-order valence-electron chi connectivity index (χ0n) is 20.9. The van der Waals surface area contributed by atoms with Crippen molar-refractivity contribution in [3.05, 3.63) is 76.8 Å². The fourth-order valence-corrected chi connectivity index (χ4v) is 7.13. The molecule has 0 bridgehead atoms. The number of methoxy groups -OCH3 is 1. The number of nitrogens with zero attached hydrogens (tertiary/aromatic N) is 1. The highest BCUT2D eigenvalue weighted by Gasteiger charge is 2.29. The quantitative estimate of drug-likeness (QED) is 0.393. The van der Waals surface area contributed by atoms with Crippen molar-refractivity contribution in [2.24, 2.45) is 0 Å². The summed E-state index contributed by atoms with van der Waals surface area (Å²) in [7, 11) is -6.30. The van der Waals surface area contributed by atoms with Crippen molar-refractivity contribution in [1.82, 2.24) is 4.31 Å². The minimum Gasteiger partial charge on any atom is -0.495 e. The lowest BCUT2D eigenvalue weighted by atomic mass is 10.2. The number of halogens is 1. The summed E-state index contributed by atoms with van der Waals surface area (Å²) in [4.78, 5) is 13.0. The highest BCUT2D eigenvalue weighted by molar-refractivity contribution is 7.92. The predicted molar refractivity (Wildman–Crippen MR) is 147 cm³/mol. The summed E-state index contributed by atoms with van der Waals surface area (Å²) in [6.07, 6.45) is 2.56. The van der Waals surface area contributed by atoms with Crippen molar-refractivity contribution >= 4 is 48.9 Å². The van der Waals surface area contributed by atoms with Crippen molar-refractivity contribution in [3.63, 3.8) is 0 Å². The van der Waals surface area contributed by atoms with E-state index >= 15 is 0 Å². The first-order valence-corrected chi connectivity index (χ1v) is 15.2. The lowest BCUT2D eigenvalue weighted by molar-refractivity contribution is 0.102. The van der Waals surface area contributed by atoms with Crippen molar-refractivity contribution < 1.29 is 26.4 Å². The number of benzene rings is 3. The van der Waals surface area contributed by atoms with Crippen LogP contribution in [-0.2, 0) is 20.0 Å². The van der Waals surface area contributed by atoms with Crippen molar-refractivity contribution in [2.75, 3.05) is 30.2 Å². The zero-order chi connectivity index (χ0) is 27.5. The van der Waals surface area contributed by atoms with Gasteiger partial charge in [0.25, 0.3) is 15.9 Å². The number of carbonyl (C=O) groups is 1. The van der Waals surface area contributed by atoms with Gasteiger partial charge in [-0.05, 0) is 68.3 Å². The Balaban J connectivity index is 1.53. The molecule has 38 heavy (non-hydrogen) atoms. The average Bonchev–Trinajstić information content (AvgIpc) is 2.90. The van der Waals surface area contributed by atoms with E-state index in [9.17, 15) is 21.6 Å². The molecule has 1 heterocycles. The van der Waals surface area contributed by atoms with Crippen LogP contribution in [0.2, 0.25) is 5.02 Å². The molecule has 9 nitrogen and oxygen atoms in total. The van der Waals surface area contributed by atoms with Gasteiger partial charge in [0.05, 0.1) is 22.7 Å². The van der Waals surface area contributed by atoms with Crippen molar-refractivity contribution in [1.29, 1.82) is 0 Å². The number of aryl methyl sites for hydroxylation is 1. The van der Waals surface area contributed by atoms with Crippen LogP contribution in [0.1, 0.15) is 35.2 Å². The number of hydrogen-bond donors (Lipinski definition) is 2. The van der Waals surface area contributed by atoms with Crippen LogP contribution in [0.15, 0.2) is 70.5 Å². The molecule has 0 spiro atoms. The number of amides is 1. The average molecular weight is 578 g/mol. The molecule has 1 aliphatic rings. The molecule has 0 radical (unpaired) electrons. The van der Waals surface area contributed by atoms with Crippen LogP contribution in [0.3, 0.4) is 0 Å². The Morgan fingerprint density at radius 1 is 0.921 bits per heavy atom. The van der Waals surface area contributed by atoms with Crippen LogP contribution in [0.5, 0.6) is 5.75 Å². The van der Waals surface area contributed by atoms with Gasteiger partial charge in [0, 0.05) is 24.3 Å². The van der Waals surface area contributed by atoms with Crippen molar-refractivity contribution in [3.8, 4) is 5.75 Å². The molecule has 12 heteroatoms. The van der Waals surface area contributed by atoms with E-state index < -0.39 is 26.0 Å². The second-order valence-corrected chi connectivity index (χ2v) is 12.9. The number of anilines is 2. The normalized spacial score (nSPS) is 14.6. The molecule has 1 saturated heterocycles. The molecule has 3 aromatic carbocycles. The van der Waals surface area contributed by atoms with E-state index in [1.165, 1.54) is 59.9 Å².